The Kier molecular flexibility index (Phi) is 50.4. The number of carbonyl (C=O) groups excluding carboxylic acids is 15. The van der Waals surface area contributed by atoms with E-state index in [1.165, 1.54) is 34.6 Å². The van der Waals surface area contributed by atoms with Gasteiger partial charge in [0, 0.05) is 66.7 Å². The summed E-state index contributed by atoms with van der Waals surface area (Å²) in [6, 6.07) is -5.31. The number of amides is 10. The molecule has 0 aliphatic heterocycles. The first-order valence-corrected chi connectivity index (χ1v) is 22.0. The normalized spacial score (nSPS) is 11.3. The number of rotatable bonds is 29. The lowest BCUT2D eigenvalue weighted by atomic mass is 10.1. The molecule has 72 heavy (non-hydrogen) atoms. The maximum Gasteiger partial charge on any atom is 0.885 e. The van der Waals surface area contributed by atoms with Gasteiger partial charge in [0.1, 0.15) is 30.2 Å². The number of carbonyl (C=O) groups is 15. The molecule has 0 heterocycles. The lowest BCUT2D eigenvalue weighted by molar-refractivity contribution is -0.145. The molecule has 0 aromatic carbocycles. The van der Waals surface area contributed by atoms with Crippen molar-refractivity contribution in [3.8, 4) is 0 Å². The van der Waals surface area contributed by atoms with Crippen molar-refractivity contribution >= 4 is 137 Å². The van der Waals surface area contributed by atoms with Crippen molar-refractivity contribution in [2.24, 2.45) is 28.7 Å². The Bertz CT molecular complexity index is 1630. The molecular weight excluding hydrogens is 1030 g/mol. The first-order valence-electron chi connectivity index (χ1n) is 19.7. The number of hydrogen-bond acceptors (Lipinski definition) is 20. The van der Waals surface area contributed by atoms with E-state index in [2.05, 4.69) is 30.4 Å². The van der Waals surface area contributed by atoms with E-state index in [4.69, 9.17) is 43.8 Å². The molecule has 0 spiro atoms. The number of primary amides is 5. The van der Waals surface area contributed by atoms with Crippen LogP contribution in [-0.4, -0.2) is 189 Å². The third kappa shape index (κ3) is 47.2. The first kappa shape index (κ1) is 79.6. The summed E-state index contributed by atoms with van der Waals surface area (Å²) in [5.74, 6) is -9.86. The fourth-order valence-electron chi connectivity index (χ4n) is 4.55. The maximum absolute atomic E-state index is 11.9. The third-order valence-electron chi connectivity index (χ3n) is 7.48. The van der Waals surface area contributed by atoms with Crippen LogP contribution in [0, 0.1) is 0 Å². The van der Waals surface area contributed by atoms with Crippen molar-refractivity contribution in [3.63, 3.8) is 0 Å². The molecule has 0 bridgehead atoms. The van der Waals surface area contributed by atoms with E-state index in [1.807, 2.05) is 0 Å². The molecule has 0 aromatic heterocycles. The van der Waals surface area contributed by atoms with Gasteiger partial charge in [-0.2, -0.15) is 0 Å². The van der Waals surface area contributed by atoms with Gasteiger partial charge in [0.15, 0.2) is 0 Å². The minimum absolute atomic E-state index is 0. The number of nitrogens with two attached hydrogens (primary N) is 5. The van der Waals surface area contributed by atoms with Crippen LogP contribution in [0.3, 0.4) is 0 Å². The van der Waals surface area contributed by atoms with Crippen LogP contribution < -0.4 is 55.3 Å². The van der Waals surface area contributed by atoms with Crippen LogP contribution in [0.4, 0.5) is 0 Å². The Morgan fingerprint density at radius 2 is 0.500 bits per heavy atom. The number of nitrogens with one attached hydrogen (secondary N) is 5. The summed E-state index contributed by atoms with van der Waals surface area (Å²) in [6.07, 6.45) is -0.780. The quantitative estimate of drug-likeness (QED) is 0.0311. The Hall–Kier alpha value is -6.51. The smallest absolute Gasteiger partial charge is 0.627 e. The summed E-state index contributed by atoms with van der Waals surface area (Å²) in [6.45, 7) is 5.97. The summed E-state index contributed by atoms with van der Waals surface area (Å²) in [5, 5.41) is 11.5. The molecule has 23 N–H and O–H groups in total. The summed E-state index contributed by atoms with van der Waals surface area (Å²) >= 11 is -1.43. The van der Waals surface area contributed by atoms with Gasteiger partial charge in [-0.15, -0.1) is 0 Å². The predicted octanol–water partition coefficient (Wildman–Crippen LogP) is -10.6. The van der Waals surface area contributed by atoms with Crippen molar-refractivity contribution in [2.75, 3.05) is 0 Å². The summed E-state index contributed by atoms with van der Waals surface area (Å²) in [5.41, 5.74) is 24.9. The van der Waals surface area contributed by atoms with Crippen LogP contribution in [0.5, 0.6) is 0 Å². The van der Waals surface area contributed by atoms with Crippen LogP contribution >= 0.6 is 0 Å². The van der Waals surface area contributed by atoms with Crippen molar-refractivity contribution in [2.45, 2.75) is 129 Å². The highest BCUT2D eigenvalue weighted by Gasteiger charge is 2.29. The second-order valence-electron chi connectivity index (χ2n) is 13.7. The summed E-state index contributed by atoms with van der Waals surface area (Å²) in [7, 11) is 0. The van der Waals surface area contributed by atoms with Crippen LogP contribution in [0.2, 0.25) is 0 Å². The molecule has 0 aliphatic rings. The second-order valence-corrected chi connectivity index (χ2v) is 15.2. The lowest BCUT2D eigenvalue weighted by Crippen LogP contribution is -2.44. The zero-order valence-corrected chi connectivity index (χ0v) is 43.2. The fourth-order valence-corrected chi connectivity index (χ4v) is 5.85. The minimum atomic E-state index is -1.60. The molecule has 10 amide bonds. The molecule has 5 atom stereocenters. The van der Waals surface area contributed by atoms with Gasteiger partial charge in [-0.3, -0.25) is 71.9 Å². The zero-order chi connectivity index (χ0) is 53.1. The molecule has 4 radical (unpaired) electrons. The zero-order valence-electron chi connectivity index (χ0n) is 39.7. The molecule has 0 aliphatic carbocycles. The van der Waals surface area contributed by atoms with Gasteiger partial charge in [-0.1, -0.05) is 0 Å². The van der Waals surface area contributed by atoms with Crippen LogP contribution in [0.15, 0.2) is 0 Å². The molecule has 0 saturated heterocycles. The van der Waals surface area contributed by atoms with Crippen LogP contribution in [0.1, 0.15) is 98.8 Å². The average Bonchev–Trinajstić information content (AvgIpc) is 3.21. The van der Waals surface area contributed by atoms with Crippen molar-refractivity contribution in [1.29, 1.82) is 0 Å². The highest BCUT2D eigenvalue weighted by atomic mass is 27.2. The van der Waals surface area contributed by atoms with Crippen LogP contribution in [-0.2, 0) is 90.9 Å². The Morgan fingerprint density at radius 1 is 0.347 bits per heavy atom. The van der Waals surface area contributed by atoms with Gasteiger partial charge in [-0.25, -0.2) is 0 Å². The van der Waals surface area contributed by atoms with E-state index in [-0.39, 0.29) is 92.0 Å². The first-order chi connectivity index (χ1) is 31.5. The molecule has 406 valence electrons. The molecule has 34 nitrogen and oxygen atoms in total. The molecule has 0 unspecified atom stereocenters. The highest BCUT2D eigenvalue weighted by molar-refractivity contribution is 6.27. The largest absolute Gasteiger partial charge is 0.885 e. The van der Waals surface area contributed by atoms with Crippen molar-refractivity contribution in [1.82, 2.24) is 26.6 Å². The standard InChI is InChI=1S/5C7H12N2O4.3Al.4H2O/c5*1-4(10)9-5(7(12)13)2-3-6(8)11;;;;;;;/h5*5H,2-3H2,1H3,(H2,8,11)(H,9,10)(H,12,13);;;;4*1H2/q;;;;;+1;2*+2;;;;/p-5/t5*5-;;;;;;;/m00000......./s1. The van der Waals surface area contributed by atoms with Gasteiger partial charge in [0.2, 0.25) is 59.1 Å². The molecule has 0 aromatic rings. The second kappa shape index (κ2) is 45.6. The van der Waals surface area contributed by atoms with E-state index < -0.39 is 145 Å². The Labute approximate surface area is 432 Å². The van der Waals surface area contributed by atoms with E-state index >= 15 is 0 Å². The lowest BCUT2D eigenvalue weighted by Gasteiger charge is -2.18. The van der Waals surface area contributed by atoms with Gasteiger partial charge < -0.3 is 96.1 Å². The van der Waals surface area contributed by atoms with Gasteiger partial charge in [0.25, 0.3) is 29.8 Å². The average molecular weight is 1090 g/mol. The molecule has 37 heteroatoms. The minimum Gasteiger partial charge on any atom is -0.627 e. The third-order valence-corrected chi connectivity index (χ3v) is 9.03. The van der Waals surface area contributed by atoms with Crippen molar-refractivity contribution < 1.29 is 113 Å². The molecule has 0 saturated carbocycles. The topological polar surface area (TPSA) is 618 Å². The van der Waals surface area contributed by atoms with Gasteiger partial charge in [-0.05, 0) is 32.1 Å². The Morgan fingerprint density at radius 3 is 0.625 bits per heavy atom. The predicted molar refractivity (Wildman–Crippen MR) is 242 cm³/mol. The monoisotopic (exact) mass is 1090 g/mol. The molecule has 0 rings (SSSR count). The van der Waals surface area contributed by atoms with Crippen molar-refractivity contribution in [3.05, 3.63) is 0 Å². The molecule has 0 fully saturated rings. The molecular formula is C35H63Al3N10O24. The SMILES string of the molecule is CC(=O)N[C@@H](CCC(N)=O)C(=O)[O][Al].CC(=O)N[C@@H](CCC(N)=O)C(=O)[O][Al][O]C(=O)[C@H](CCC(N)=O)NC(C)=O.CC(=O)N[C@@H](CCC(N)=O)C(=O)[O][Al][O]C(=O)[C@H](CCC(N)=O)NC(C)=O.O.O.O.O. The van der Waals surface area contributed by atoms with E-state index in [0.29, 0.717) is 0 Å². The van der Waals surface area contributed by atoms with Crippen LogP contribution in [0.25, 0.3) is 0 Å². The summed E-state index contributed by atoms with van der Waals surface area (Å²) < 4.78 is 23.6. The summed E-state index contributed by atoms with van der Waals surface area (Å²) in [4.78, 5) is 168. The maximum atomic E-state index is 11.9. The van der Waals surface area contributed by atoms with E-state index in [1.54, 1.807) is 16.6 Å². The number of hydrogen-bond donors (Lipinski definition) is 10. The van der Waals surface area contributed by atoms with E-state index in [9.17, 15) is 71.9 Å². The highest BCUT2D eigenvalue weighted by Crippen LogP contribution is 2.05. The fraction of sp³-hybridized carbons (Fsp3) is 0.571. The van der Waals surface area contributed by atoms with Gasteiger partial charge >= 0.3 is 48.4 Å². The Balaban J connectivity index is -0.000000179. The van der Waals surface area contributed by atoms with E-state index in [0.717, 1.165) is 0 Å². The van der Waals surface area contributed by atoms with Gasteiger partial charge in [0.05, 0.1) is 0 Å².